The van der Waals surface area contributed by atoms with Gasteiger partial charge in [-0.15, -0.1) is 11.8 Å². The van der Waals surface area contributed by atoms with E-state index in [1.165, 1.54) is 0 Å². The number of amides is 1. The zero-order chi connectivity index (χ0) is 16.2. The lowest BCUT2D eigenvalue weighted by Gasteiger charge is -2.06. The van der Waals surface area contributed by atoms with E-state index >= 15 is 0 Å². The van der Waals surface area contributed by atoms with Crippen molar-refractivity contribution in [3.05, 3.63) is 57.4 Å². The van der Waals surface area contributed by atoms with Crippen molar-refractivity contribution in [3.63, 3.8) is 0 Å². The number of H-pyrrole nitrogens is 2. The molecule has 0 aliphatic rings. The molecule has 0 unspecified atom stereocenters. The van der Waals surface area contributed by atoms with E-state index in [-0.39, 0.29) is 11.6 Å². The lowest BCUT2D eigenvalue weighted by Crippen LogP contribution is -2.12. The minimum atomic E-state index is -0.256. The summed E-state index contributed by atoms with van der Waals surface area (Å²) in [7, 11) is 0. The van der Waals surface area contributed by atoms with Crippen LogP contribution in [0.4, 0.5) is 5.69 Å². The predicted molar refractivity (Wildman–Crippen MR) is 97.0 cm³/mol. The van der Waals surface area contributed by atoms with Crippen LogP contribution in [-0.4, -0.2) is 21.6 Å². The third-order valence-electron chi connectivity index (χ3n) is 3.22. The maximum Gasteiger partial charge on any atom is 0.323 e. The summed E-state index contributed by atoms with van der Waals surface area (Å²) in [5, 5.41) is 2.84. The first kappa shape index (κ1) is 15.9. The van der Waals surface area contributed by atoms with Crippen LogP contribution < -0.4 is 11.0 Å². The summed E-state index contributed by atoms with van der Waals surface area (Å²) in [5.41, 5.74) is 1.81. The lowest BCUT2D eigenvalue weighted by molar-refractivity contribution is -0.115. The monoisotopic (exact) mass is 391 g/mol. The number of carbonyl (C=O) groups is 1. The molecule has 1 aromatic heterocycles. The molecule has 118 valence electrons. The summed E-state index contributed by atoms with van der Waals surface area (Å²) >= 11 is 5.12. The number of nitrogens with one attached hydrogen (secondary N) is 3. The van der Waals surface area contributed by atoms with Crippen LogP contribution in [0.2, 0.25) is 0 Å². The van der Waals surface area contributed by atoms with Crippen molar-refractivity contribution in [2.45, 2.75) is 11.3 Å². The second kappa shape index (κ2) is 7.06. The number of thioether (sulfide) groups is 1. The molecule has 0 bridgehead atoms. The fourth-order valence-electron chi connectivity index (χ4n) is 2.15. The molecule has 5 nitrogen and oxygen atoms in total. The van der Waals surface area contributed by atoms with E-state index in [4.69, 9.17) is 0 Å². The highest BCUT2D eigenvalue weighted by molar-refractivity contribution is 9.10. The quantitative estimate of drug-likeness (QED) is 0.579. The molecule has 1 heterocycles. The predicted octanol–water partition coefficient (Wildman–Crippen LogP) is 3.74. The molecule has 0 saturated carbocycles. The molecule has 3 rings (SSSR count). The van der Waals surface area contributed by atoms with Gasteiger partial charge in [0.05, 0.1) is 11.0 Å². The van der Waals surface area contributed by atoms with Gasteiger partial charge in [0.25, 0.3) is 0 Å². The summed E-state index contributed by atoms with van der Waals surface area (Å²) in [5.74, 6) is 0.638. The first-order chi connectivity index (χ1) is 11.1. The van der Waals surface area contributed by atoms with Gasteiger partial charge in [-0.1, -0.05) is 12.1 Å². The van der Waals surface area contributed by atoms with Crippen molar-refractivity contribution in [2.24, 2.45) is 0 Å². The van der Waals surface area contributed by atoms with Crippen LogP contribution in [0.15, 0.2) is 56.6 Å². The van der Waals surface area contributed by atoms with Crippen LogP contribution in [0.25, 0.3) is 11.0 Å². The van der Waals surface area contributed by atoms with Crippen molar-refractivity contribution in [2.75, 3.05) is 11.1 Å². The summed E-state index contributed by atoms with van der Waals surface area (Å²) in [6.45, 7) is 0. The van der Waals surface area contributed by atoms with Crippen LogP contribution >= 0.6 is 27.7 Å². The zero-order valence-corrected chi connectivity index (χ0v) is 14.5. The van der Waals surface area contributed by atoms with Crippen LogP contribution in [0.5, 0.6) is 0 Å². The first-order valence-electron chi connectivity index (χ1n) is 7.01. The molecule has 2 aromatic carbocycles. The average molecular weight is 392 g/mol. The minimum Gasteiger partial charge on any atom is -0.326 e. The molecule has 0 atom stereocenters. The average Bonchev–Trinajstić information content (AvgIpc) is 2.88. The van der Waals surface area contributed by atoms with Crippen LogP contribution in [0, 0.1) is 0 Å². The molecule has 0 fully saturated rings. The molecular formula is C16H14BrN3O2S. The Bertz CT molecular complexity index is 903. The first-order valence-corrected chi connectivity index (χ1v) is 8.79. The Balaban J connectivity index is 1.56. The number of rotatable bonds is 5. The maximum absolute atomic E-state index is 12.0. The molecule has 0 saturated heterocycles. The van der Waals surface area contributed by atoms with E-state index in [0.717, 1.165) is 14.9 Å². The smallest absolute Gasteiger partial charge is 0.323 e. The van der Waals surface area contributed by atoms with Crippen molar-refractivity contribution in [1.82, 2.24) is 9.97 Å². The number of aromatic amines is 2. The lowest BCUT2D eigenvalue weighted by atomic mass is 10.2. The van der Waals surface area contributed by atoms with Gasteiger partial charge >= 0.3 is 5.69 Å². The van der Waals surface area contributed by atoms with Crippen LogP contribution in [0.3, 0.4) is 0 Å². The number of aromatic nitrogens is 2. The molecule has 23 heavy (non-hydrogen) atoms. The van der Waals surface area contributed by atoms with Gasteiger partial charge in [0.2, 0.25) is 5.91 Å². The Morgan fingerprint density at radius 1 is 1.13 bits per heavy atom. The maximum atomic E-state index is 12.0. The topological polar surface area (TPSA) is 77.8 Å². The highest BCUT2D eigenvalue weighted by Gasteiger charge is 2.06. The number of hydrogen-bond acceptors (Lipinski definition) is 3. The van der Waals surface area contributed by atoms with Crippen molar-refractivity contribution < 1.29 is 4.79 Å². The summed E-state index contributed by atoms with van der Waals surface area (Å²) < 4.78 is 1.03. The van der Waals surface area contributed by atoms with Crippen LogP contribution in [0.1, 0.15) is 6.42 Å². The molecule has 1 amide bonds. The summed E-state index contributed by atoms with van der Waals surface area (Å²) in [4.78, 5) is 29.7. The number of halogens is 1. The van der Waals surface area contributed by atoms with Crippen molar-refractivity contribution in [1.29, 1.82) is 0 Å². The fraction of sp³-hybridized carbons (Fsp3) is 0.125. The van der Waals surface area contributed by atoms with E-state index in [0.29, 0.717) is 23.4 Å². The standard InChI is InChI=1S/C16H14BrN3O2S/c17-11-3-1-2-4-14(11)23-8-7-15(21)18-10-5-6-12-13(9-10)20-16(22)19-12/h1-6,9H,7-8H2,(H,18,21)(H2,19,20,22). The van der Waals surface area contributed by atoms with Gasteiger partial charge in [-0.3, -0.25) is 4.79 Å². The molecule has 3 aromatic rings. The minimum absolute atomic E-state index is 0.0539. The third kappa shape index (κ3) is 4.05. The van der Waals surface area contributed by atoms with Gasteiger partial charge in [-0.25, -0.2) is 4.79 Å². The number of anilines is 1. The number of fused-ring (bicyclic) bond motifs is 1. The van der Waals surface area contributed by atoms with E-state index in [1.54, 1.807) is 30.0 Å². The van der Waals surface area contributed by atoms with Gasteiger partial charge in [0.15, 0.2) is 0 Å². The van der Waals surface area contributed by atoms with Gasteiger partial charge in [-0.05, 0) is 46.3 Å². The largest absolute Gasteiger partial charge is 0.326 e. The van der Waals surface area contributed by atoms with Gasteiger partial charge < -0.3 is 15.3 Å². The molecule has 7 heteroatoms. The van der Waals surface area contributed by atoms with Gasteiger partial charge in [0.1, 0.15) is 0 Å². The van der Waals surface area contributed by atoms with E-state index in [2.05, 4.69) is 31.2 Å². The Kier molecular flexibility index (Phi) is 4.88. The molecule has 0 radical (unpaired) electrons. The summed E-state index contributed by atoms with van der Waals surface area (Å²) in [6, 6.07) is 13.2. The SMILES string of the molecule is O=C(CCSc1ccccc1Br)Nc1ccc2[nH]c(=O)[nH]c2c1. The van der Waals surface area contributed by atoms with E-state index < -0.39 is 0 Å². The second-order valence-electron chi connectivity index (χ2n) is 4.92. The highest BCUT2D eigenvalue weighted by Crippen LogP contribution is 2.27. The number of carbonyl (C=O) groups excluding carboxylic acids is 1. The number of benzene rings is 2. The fourth-order valence-corrected chi connectivity index (χ4v) is 3.67. The van der Waals surface area contributed by atoms with E-state index in [1.807, 2.05) is 24.3 Å². The zero-order valence-electron chi connectivity index (χ0n) is 12.1. The highest BCUT2D eigenvalue weighted by atomic mass is 79.9. The van der Waals surface area contributed by atoms with Crippen LogP contribution in [-0.2, 0) is 4.79 Å². The number of imidazole rings is 1. The van der Waals surface area contributed by atoms with Crippen molar-refractivity contribution in [3.8, 4) is 0 Å². The van der Waals surface area contributed by atoms with E-state index in [9.17, 15) is 9.59 Å². The second-order valence-corrected chi connectivity index (χ2v) is 6.91. The molecule has 0 aliphatic carbocycles. The van der Waals surface area contributed by atoms with Crippen molar-refractivity contribution >= 4 is 50.3 Å². The Labute approximate surface area is 145 Å². The third-order valence-corrected chi connectivity index (χ3v) is 5.25. The Hall–Kier alpha value is -1.99. The molecule has 3 N–H and O–H groups in total. The molecule has 0 spiro atoms. The molecule has 0 aliphatic heterocycles. The van der Waals surface area contributed by atoms with Gasteiger partial charge in [-0.2, -0.15) is 0 Å². The van der Waals surface area contributed by atoms with Gasteiger partial charge in [0, 0.05) is 27.2 Å². The molecular weight excluding hydrogens is 378 g/mol. The Morgan fingerprint density at radius 2 is 1.91 bits per heavy atom. The number of hydrogen-bond donors (Lipinski definition) is 3. The Morgan fingerprint density at radius 3 is 2.74 bits per heavy atom. The summed E-state index contributed by atoms with van der Waals surface area (Å²) in [6.07, 6.45) is 0.410. The normalized spacial score (nSPS) is 10.8.